The van der Waals surface area contributed by atoms with Gasteiger partial charge in [-0.05, 0) is 31.5 Å². The number of nitrogens with zero attached hydrogens (tertiary/aromatic N) is 2. The molecule has 1 aromatic rings. The van der Waals surface area contributed by atoms with Crippen LogP contribution in [0.25, 0.3) is 0 Å². The first-order valence-electron chi connectivity index (χ1n) is 5.52. The smallest absolute Gasteiger partial charge is 0.101 e. The monoisotopic (exact) mass is 236 g/mol. The maximum Gasteiger partial charge on any atom is 0.101 e. The van der Waals surface area contributed by atoms with Gasteiger partial charge in [0.05, 0.1) is 11.3 Å². The van der Waals surface area contributed by atoms with Crippen LogP contribution < -0.4 is 4.90 Å². The average Bonchev–Trinajstić information content (AvgIpc) is 2.28. The summed E-state index contributed by atoms with van der Waals surface area (Å²) >= 11 is 5.96. The maximum atomic E-state index is 9.05. The Labute approximate surface area is 102 Å². The van der Waals surface area contributed by atoms with Crippen LogP contribution in [0.2, 0.25) is 5.02 Å². The van der Waals surface area contributed by atoms with E-state index >= 15 is 0 Å². The Morgan fingerprint density at radius 2 is 2.19 bits per heavy atom. The summed E-state index contributed by atoms with van der Waals surface area (Å²) in [5.41, 5.74) is 1.59. The number of nitriles is 1. The highest BCUT2D eigenvalue weighted by molar-refractivity contribution is 6.30. The van der Waals surface area contributed by atoms with Gasteiger partial charge in [0.1, 0.15) is 6.07 Å². The number of halogens is 1. The number of rotatable bonds is 4. The summed E-state index contributed by atoms with van der Waals surface area (Å²) in [6.45, 7) is 4.32. The first-order chi connectivity index (χ1) is 7.60. The quantitative estimate of drug-likeness (QED) is 0.794. The summed E-state index contributed by atoms with van der Waals surface area (Å²) in [5.74, 6) is 0. The molecular weight excluding hydrogens is 220 g/mol. The van der Waals surface area contributed by atoms with Crippen molar-refractivity contribution in [2.75, 3.05) is 11.9 Å². The Morgan fingerprint density at radius 3 is 2.75 bits per heavy atom. The zero-order chi connectivity index (χ0) is 12.1. The van der Waals surface area contributed by atoms with Crippen molar-refractivity contribution in [1.29, 1.82) is 5.26 Å². The van der Waals surface area contributed by atoms with E-state index in [1.54, 1.807) is 12.1 Å². The number of hydrogen-bond donors (Lipinski definition) is 0. The Balaban J connectivity index is 3.02. The number of benzene rings is 1. The van der Waals surface area contributed by atoms with Crippen molar-refractivity contribution in [3.63, 3.8) is 0 Å². The van der Waals surface area contributed by atoms with E-state index < -0.39 is 0 Å². The summed E-state index contributed by atoms with van der Waals surface area (Å²) in [7, 11) is 2.01. The van der Waals surface area contributed by atoms with Crippen molar-refractivity contribution in [3.05, 3.63) is 28.8 Å². The number of hydrogen-bond acceptors (Lipinski definition) is 2. The summed E-state index contributed by atoms with van der Waals surface area (Å²) in [4.78, 5) is 2.12. The molecule has 0 fully saturated rings. The molecule has 1 atom stereocenters. The van der Waals surface area contributed by atoms with Crippen molar-refractivity contribution >= 4 is 17.3 Å². The van der Waals surface area contributed by atoms with Gasteiger partial charge in [-0.2, -0.15) is 5.26 Å². The molecule has 1 aromatic carbocycles. The minimum Gasteiger partial charge on any atom is -0.371 e. The molecule has 0 N–H and O–H groups in total. The first kappa shape index (κ1) is 12.9. The molecule has 1 unspecified atom stereocenters. The lowest BCUT2D eigenvalue weighted by molar-refractivity contribution is 0.616. The zero-order valence-electron chi connectivity index (χ0n) is 10.00. The third kappa shape index (κ3) is 2.90. The van der Waals surface area contributed by atoms with Gasteiger partial charge in [0.15, 0.2) is 0 Å². The van der Waals surface area contributed by atoms with Crippen molar-refractivity contribution < 1.29 is 0 Å². The van der Waals surface area contributed by atoms with Crippen LogP contribution in [0.1, 0.15) is 32.3 Å². The minimum atomic E-state index is 0.413. The third-order valence-electron chi connectivity index (χ3n) is 2.83. The fraction of sp³-hybridized carbons (Fsp3) is 0.462. The second kappa shape index (κ2) is 5.77. The van der Waals surface area contributed by atoms with Crippen LogP contribution in [-0.2, 0) is 0 Å². The van der Waals surface area contributed by atoms with E-state index in [1.165, 1.54) is 0 Å². The molecule has 16 heavy (non-hydrogen) atoms. The fourth-order valence-electron chi connectivity index (χ4n) is 1.74. The Kier molecular flexibility index (Phi) is 4.64. The van der Waals surface area contributed by atoms with Crippen molar-refractivity contribution in [1.82, 2.24) is 0 Å². The largest absolute Gasteiger partial charge is 0.371 e. The lowest BCUT2D eigenvalue weighted by Gasteiger charge is -2.27. The Bertz CT molecular complexity index is 395. The third-order valence-corrected chi connectivity index (χ3v) is 3.06. The highest BCUT2D eigenvalue weighted by atomic mass is 35.5. The van der Waals surface area contributed by atoms with Gasteiger partial charge in [0.2, 0.25) is 0 Å². The molecule has 2 nitrogen and oxygen atoms in total. The van der Waals surface area contributed by atoms with Gasteiger partial charge < -0.3 is 4.90 Å². The van der Waals surface area contributed by atoms with E-state index in [-0.39, 0.29) is 0 Å². The van der Waals surface area contributed by atoms with Crippen LogP contribution >= 0.6 is 11.6 Å². The predicted molar refractivity (Wildman–Crippen MR) is 68.9 cm³/mol. The Hall–Kier alpha value is -1.20. The van der Waals surface area contributed by atoms with Gasteiger partial charge in [-0.3, -0.25) is 0 Å². The van der Waals surface area contributed by atoms with Gasteiger partial charge in [-0.25, -0.2) is 0 Å². The van der Waals surface area contributed by atoms with E-state index in [9.17, 15) is 0 Å². The average molecular weight is 237 g/mol. The molecule has 1 rings (SSSR count). The van der Waals surface area contributed by atoms with Crippen molar-refractivity contribution in [2.45, 2.75) is 32.7 Å². The van der Waals surface area contributed by atoms with Crippen molar-refractivity contribution in [2.24, 2.45) is 0 Å². The van der Waals surface area contributed by atoms with E-state index in [4.69, 9.17) is 16.9 Å². The van der Waals surface area contributed by atoms with Gasteiger partial charge in [0, 0.05) is 18.1 Å². The maximum absolute atomic E-state index is 9.05. The normalized spacial score (nSPS) is 11.9. The molecular formula is C13H17ClN2. The topological polar surface area (TPSA) is 27.0 Å². The van der Waals surface area contributed by atoms with Crippen molar-refractivity contribution in [3.8, 4) is 6.07 Å². The van der Waals surface area contributed by atoms with Crippen LogP contribution in [0.5, 0.6) is 0 Å². The van der Waals surface area contributed by atoms with Gasteiger partial charge in [0.25, 0.3) is 0 Å². The van der Waals surface area contributed by atoms with E-state index in [2.05, 4.69) is 24.8 Å². The molecule has 0 bridgehead atoms. The summed E-state index contributed by atoms with van der Waals surface area (Å²) < 4.78 is 0. The van der Waals surface area contributed by atoms with Gasteiger partial charge >= 0.3 is 0 Å². The van der Waals surface area contributed by atoms with Gasteiger partial charge in [-0.15, -0.1) is 0 Å². The Morgan fingerprint density at radius 1 is 1.50 bits per heavy atom. The predicted octanol–water partition coefficient (Wildman–Crippen LogP) is 3.84. The molecule has 0 aliphatic heterocycles. The SMILES string of the molecule is CCCC(C)N(C)c1cc(Cl)ccc1C#N. The van der Waals surface area contributed by atoms with Gasteiger partial charge in [-0.1, -0.05) is 24.9 Å². The highest BCUT2D eigenvalue weighted by Crippen LogP contribution is 2.25. The molecule has 0 aliphatic carbocycles. The zero-order valence-corrected chi connectivity index (χ0v) is 10.8. The second-order valence-electron chi connectivity index (χ2n) is 4.02. The fourth-order valence-corrected chi connectivity index (χ4v) is 1.91. The molecule has 3 heteroatoms. The summed E-state index contributed by atoms with van der Waals surface area (Å²) in [5, 5.41) is 9.72. The summed E-state index contributed by atoms with van der Waals surface area (Å²) in [6, 6.07) is 7.99. The standard InChI is InChI=1S/C13H17ClN2/c1-4-5-10(2)16(3)13-8-12(14)7-6-11(13)9-15/h6-8,10H,4-5H2,1-3H3. The number of anilines is 1. The molecule has 0 amide bonds. The first-order valence-corrected chi connectivity index (χ1v) is 5.90. The van der Waals surface area contributed by atoms with Crippen LogP contribution in [0.4, 0.5) is 5.69 Å². The lowest BCUT2D eigenvalue weighted by Crippen LogP contribution is -2.29. The van der Waals surface area contributed by atoms with E-state index in [1.807, 2.05) is 13.1 Å². The van der Waals surface area contributed by atoms with Crippen LogP contribution in [0.15, 0.2) is 18.2 Å². The van der Waals surface area contributed by atoms with E-state index in [0.29, 0.717) is 16.6 Å². The molecule has 0 aromatic heterocycles. The van der Waals surface area contributed by atoms with Crippen LogP contribution in [0, 0.1) is 11.3 Å². The van der Waals surface area contributed by atoms with Crippen LogP contribution in [-0.4, -0.2) is 13.1 Å². The molecule has 0 spiro atoms. The molecule has 0 aliphatic rings. The molecule has 0 saturated heterocycles. The molecule has 0 heterocycles. The highest BCUT2D eigenvalue weighted by Gasteiger charge is 2.13. The molecule has 0 radical (unpaired) electrons. The second-order valence-corrected chi connectivity index (χ2v) is 4.46. The molecule has 0 saturated carbocycles. The van der Waals surface area contributed by atoms with E-state index in [0.717, 1.165) is 18.5 Å². The lowest BCUT2D eigenvalue weighted by atomic mass is 10.1. The minimum absolute atomic E-state index is 0.413. The molecule has 86 valence electrons. The van der Waals surface area contributed by atoms with Crippen LogP contribution in [0.3, 0.4) is 0 Å². The summed E-state index contributed by atoms with van der Waals surface area (Å²) in [6.07, 6.45) is 2.24.